The second kappa shape index (κ2) is 4.52. The van der Waals surface area contributed by atoms with Crippen LogP contribution in [0.2, 0.25) is 0 Å². The van der Waals surface area contributed by atoms with Gasteiger partial charge in [0.2, 0.25) is 0 Å². The van der Waals surface area contributed by atoms with Gasteiger partial charge in [0.05, 0.1) is 11.9 Å². The zero-order valence-electron chi connectivity index (χ0n) is 9.81. The molecule has 16 heavy (non-hydrogen) atoms. The number of hydrogen-bond donors (Lipinski definition) is 0. The van der Waals surface area contributed by atoms with E-state index in [0.29, 0.717) is 0 Å². The Morgan fingerprint density at radius 3 is 2.69 bits per heavy atom. The minimum absolute atomic E-state index is 0.255. The topological polar surface area (TPSA) is 21.6 Å². The highest BCUT2D eigenvalue weighted by atomic mass is 16.5. The molecule has 0 unspecified atom stereocenters. The Labute approximate surface area is 96.7 Å². The lowest BCUT2D eigenvalue weighted by Gasteiger charge is -2.29. The van der Waals surface area contributed by atoms with Crippen LogP contribution in [0, 0.1) is 0 Å². The molecule has 1 aliphatic heterocycles. The molecule has 1 aromatic rings. The zero-order valence-corrected chi connectivity index (χ0v) is 9.81. The molecule has 0 amide bonds. The van der Waals surface area contributed by atoms with Gasteiger partial charge >= 0.3 is 0 Å². The molecule has 0 radical (unpaired) electrons. The monoisotopic (exact) mass is 215 g/mol. The van der Waals surface area contributed by atoms with Gasteiger partial charge in [0.25, 0.3) is 0 Å². The van der Waals surface area contributed by atoms with Crippen molar-refractivity contribution in [3.8, 4) is 0 Å². The smallest absolute Gasteiger partial charge is 0.141 e. The molecule has 0 saturated carbocycles. The Balaban J connectivity index is 2.07. The van der Waals surface area contributed by atoms with Crippen molar-refractivity contribution >= 4 is 11.9 Å². The van der Waals surface area contributed by atoms with E-state index >= 15 is 0 Å². The quantitative estimate of drug-likeness (QED) is 0.686. The van der Waals surface area contributed by atoms with E-state index in [1.165, 1.54) is 5.57 Å². The van der Waals surface area contributed by atoms with Gasteiger partial charge in [-0.1, -0.05) is 18.2 Å². The average Bonchev–Trinajstić information content (AvgIpc) is 2.33. The number of para-hydroxylation sites is 1. The first kappa shape index (κ1) is 10.9. The molecule has 1 atom stereocenters. The third-order valence-corrected chi connectivity index (χ3v) is 2.79. The van der Waals surface area contributed by atoms with Gasteiger partial charge in [-0.05, 0) is 44.4 Å². The standard InChI is InChI=1S/C14H17NO/c1-12-8-9-14(2,16-10-12)11-15-13-6-4-3-5-7-13/h3-7,10-11H,8-9H2,1-2H3/t14-/m1/s1. The van der Waals surface area contributed by atoms with E-state index < -0.39 is 0 Å². The summed E-state index contributed by atoms with van der Waals surface area (Å²) in [6.07, 6.45) is 5.83. The Hall–Kier alpha value is -1.57. The normalized spacial score (nSPS) is 25.2. The summed E-state index contributed by atoms with van der Waals surface area (Å²) in [5, 5.41) is 0. The van der Waals surface area contributed by atoms with Gasteiger partial charge in [-0.2, -0.15) is 0 Å². The molecule has 84 valence electrons. The lowest BCUT2D eigenvalue weighted by atomic mass is 9.96. The van der Waals surface area contributed by atoms with Crippen LogP contribution in [-0.4, -0.2) is 11.8 Å². The van der Waals surface area contributed by atoms with Crippen molar-refractivity contribution in [2.45, 2.75) is 32.3 Å². The number of allylic oxidation sites excluding steroid dienone is 1. The van der Waals surface area contributed by atoms with Crippen molar-refractivity contribution in [3.05, 3.63) is 42.2 Å². The molecule has 2 nitrogen and oxygen atoms in total. The van der Waals surface area contributed by atoms with Crippen molar-refractivity contribution in [3.63, 3.8) is 0 Å². The summed E-state index contributed by atoms with van der Waals surface area (Å²) in [6.45, 7) is 4.16. The van der Waals surface area contributed by atoms with Crippen LogP contribution in [0.5, 0.6) is 0 Å². The summed E-state index contributed by atoms with van der Waals surface area (Å²) >= 11 is 0. The maximum atomic E-state index is 5.69. The van der Waals surface area contributed by atoms with Gasteiger partial charge in [0, 0.05) is 6.21 Å². The van der Waals surface area contributed by atoms with Gasteiger partial charge in [-0.15, -0.1) is 0 Å². The molecule has 0 N–H and O–H groups in total. The summed E-state index contributed by atoms with van der Waals surface area (Å²) in [4.78, 5) is 4.45. The van der Waals surface area contributed by atoms with E-state index in [0.717, 1.165) is 18.5 Å². The third-order valence-electron chi connectivity index (χ3n) is 2.79. The second-order valence-corrected chi connectivity index (χ2v) is 4.49. The van der Waals surface area contributed by atoms with Gasteiger partial charge < -0.3 is 4.74 Å². The molecule has 1 heterocycles. The molecule has 0 aliphatic carbocycles. The zero-order chi connectivity index (χ0) is 11.4. The first-order chi connectivity index (χ1) is 7.68. The van der Waals surface area contributed by atoms with Crippen LogP contribution >= 0.6 is 0 Å². The number of rotatable bonds is 2. The molecule has 2 heteroatoms. The first-order valence-electron chi connectivity index (χ1n) is 5.62. The van der Waals surface area contributed by atoms with Gasteiger partial charge in [-0.25, -0.2) is 0 Å². The molecule has 1 aliphatic rings. The van der Waals surface area contributed by atoms with Crippen molar-refractivity contribution in [1.29, 1.82) is 0 Å². The van der Waals surface area contributed by atoms with E-state index in [9.17, 15) is 0 Å². The van der Waals surface area contributed by atoms with Gasteiger partial charge in [-0.3, -0.25) is 4.99 Å². The minimum Gasteiger partial charge on any atom is -0.490 e. The lowest BCUT2D eigenvalue weighted by Crippen LogP contribution is -2.31. The molecule has 1 aromatic carbocycles. The fourth-order valence-electron chi connectivity index (χ4n) is 1.62. The van der Waals surface area contributed by atoms with Crippen LogP contribution in [0.3, 0.4) is 0 Å². The maximum Gasteiger partial charge on any atom is 0.141 e. The van der Waals surface area contributed by atoms with E-state index in [1.54, 1.807) is 0 Å². The summed E-state index contributed by atoms with van der Waals surface area (Å²) < 4.78 is 5.69. The van der Waals surface area contributed by atoms with E-state index in [2.05, 4.69) is 18.8 Å². The number of ether oxygens (including phenoxy) is 1. The van der Waals surface area contributed by atoms with Crippen LogP contribution < -0.4 is 0 Å². The summed E-state index contributed by atoms with van der Waals surface area (Å²) in [5.74, 6) is 0. The van der Waals surface area contributed by atoms with Crippen LogP contribution in [0.25, 0.3) is 0 Å². The van der Waals surface area contributed by atoms with Crippen LogP contribution in [0.15, 0.2) is 47.2 Å². The highest BCUT2D eigenvalue weighted by Gasteiger charge is 2.25. The van der Waals surface area contributed by atoms with Crippen molar-refractivity contribution in [2.75, 3.05) is 0 Å². The maximum absolute atomic E-state index is 5.69. The number of hydrogen-bond acceptors (Lipinski definition) is 2. The van der Waals surface area contributed by atoms with Gasteiger partial charge in [0.1, 0.15) is 5.60 Å². The second-order valence-electron chi connectivity index (χ2n) is 4.49. The van der Waals surface area contributed by atoms with Crippen molar-refractivity contribution < 1.29 is 4.74 Å². The first-order valence-corrected chi connectivity index (χ1v) is 5.62. The molecule has 0 spiro atoms. The minimum atomic E-state index is -0.255. The third kappa shape index (κ3) is 2.72. The Morgan fingerprint density at radius 1 is 1.31 bits per heavy atom. The van der Waals surface area contributed by atoms with Crippen LogP contribution in [0.4, 0.5) is 5.69 Å². The van der Waals surface area contributed by atoms with Crippen LogP contribution in [-0.2, 0) is 4.74 Å². The highest BCUT2D eigenvalue weighted by Crippen LogP contribution is 2.25. The summed E-state index contributed by atoms with van der Waals surface area (Å²) in [6, 6.07) is 9.94. The lowest BCUT2D eigenvalue weighted by molar-refractivity contribution is 0.0862. The van der Waals surface area contributed by atoms with Crippen molar-refractivity contribution in [2.24, 2.45) is 4.99 Å². The number of nitrogens with zero attached hydrogens (tertiary/aromatic N) is 1. The Morgan fingerprint density at radius 2 is 2.06 bits per heavy atom. The molecular formula is C14H17NO. The number of aliphatic imine (C=N–C) groups is 1. The SMILES string of the molecule is CC1=CO[C@@](C)(C=Nc2ccccc2)CC1. The molecule has 0 fully saturated rings. The van der Waals surface area contributed by atoms with E-state index in [1.807, 2.05) is 42.8 Å². The molecular weight excluding hydrogens is 198 g/mol. The predicted molar refractivity (Wildman–Crippen MR) is 67.1 cm³/mol. The predicted octanol–water partition coefficient (Wildman–Crippen LogP) is 3.86. The average molecular weight is 215 g/mol. The fraction of sp³-hybridized carbons (Fsp3) is 0.357. The van der Waals surface area contributed by atoms with Crippen LogP contribution in [0.1, 0.15) is 26.7 Å². The molecule has 2 rings (SSSR count). The van der Waals surface area contributed by atoms with Crippen molar-refractivity contribution in [1.82, 2.24) is 0 Å². The molecule has 0 bridgehead atoms. The van der Waals surface area contributed by atoms with Gasteiger partial charge in [0.15, 0.2) is 0 Å². The van der Waals surface area contributed by atoms with E-state index in [-0.39, 0.29) is 5.60 Å². The Kier molecular flexibility index (Phi) is 3.09. The summed E-state index contributed by atoms with van der Waals surface area (Å²) in [7, 11) is 0. The largest absolute Gasteiger partial charge is 0.490 e. The molecule has 0 saturated heterocycles. The highest BCUT2D eigenvalue weighted by molar-refractivity contribution is 5.72. The molecule has 0 aromatic heterocycles. The van der Waals surface area contributed by atoms with E-state index in [4.69, 9.17) is 4.74 Å². The summed E-state index contributed by atoms with van der Waals surface area (Å²) in [5.41, 5.74) is 2.01. The Bertz CT molecular complexity index is 408. The fourth-order valence-corrected chi connectivity index (χ4v) is 1.62. The number of benzene rings is 1.